The van der Waals surface area contributed by atoms with Gasteiger partial charge in [0.05, 0.1) is 13.0 Å². The molecule has 254 valence electrons. The highest BCUT2D eigenvalue weighted by Crippen LogP contribution is 2.27. The van der Waals surface area contributed by atoms with E-state index in [-0.39, 0.29) is 11.5 Å². The number of imidazole rings is 1. The van der Waals surface area contributed by atoms with E-state index in [0.717, 1.165) is 45.9 Å². The number of primary amides is 1. The summed E-state index contributed by atoms with van der Waals surface area (Å²) in [7, 11) is 1.45. The van der Waals surface area contributed by atoms with Crippen molar-refractivity contribution in [3.8, 4) is 22.7 Å². The van der Waals surface area contributed by atoms with E-state index >= 15 is 0 Å². The highest BCUT2D eigenvalue weighted by atomic mass is 16.6. The van der Waals surface area contributed by atoms with E-state index in [1.54, 1.807) is 24.3 Å². The van der Waals surface area contributed by atoms with Gasteiger partial charge in [0.1, 0.15) is 28.8 Å². The van der Waals surface area contributed by atoms with E-state index in [4.69, 9.17) is 15.2 Å². The fourth-order valence-corrected chi connectivity index (χ4v) is 5.81. The Morgan fingerprint density at radius 3 is 2.31 bits per heavy atom. The number of nitrogens with one attached hydrogen (secondary N) is 3. The Hall–Kier alpha value is -5.16. The standard InChI is InChI=1S/C37H45N5O6/c1-23-17-28(33(38)43)18-24(2)32(23)42-30(26-11-8-7-9-12-26)22-40-34(42)27(21-41-36(46)48-37(3,4)5)13-10-16-39-20-25-14-15-31(47-6)29(19-25)35(44)45/h7-9,11-12,14-15,17-19,22,27,39H,10,13,16,20-21H2,1-6H3,(H4,38,41,43,44,45,46)/p+1/t27-/m0/s1. The maximum absolute atomic E-state index is 12.8. The molecule has 1 aromatic heterocycles. The van der Waals surface area contributed by atoms with Crippen LogP contribution in [0.25, 0.3) is 16.9 Å². The second-order valence-electron chi connectivity index (χ2n) is 12.8. The fraction of sp³-hybridized carbons (Fsp3) is 0.351. The number of ether oxygens (including phenoxy) is 2. The SMILES string of the molecule is COc1ccc(CNCCC[C@@H](CNC(=O)OC(C)(C)C)c2[nH]cc(-c3ccccc3)[n+]2-c2c(C)cc(C(N)=O)cc2C)cc1C(=O)O. The highest BCUT2D eigenvalue weighted by Gasteiger charge is 2.31. The van der Waals surface area contributed by atoms with Crippen molar-refractivity contribution >= 4 is 18.0 Å². The van der Waals surface area contributed by atoms with Gasteiger partial charge in [-0.05, 0) is 95.0 Å². The molecular weight excluding hydrogens is 610 g/mol. The van der Waals surface area contributed by atoms with Crippen LogP contribution in [0.1, 0.15) is 82.8 Å². The number of hydrogen-bond acceptors (Lipinski definition) is 6. The Kier molecular flexibility index (Phi) is 11.6. The summed E-state index contributed by atoms with van der Waals surface area (Å²) in [6.07, 6.45) is 2.91. The summed E-state index contributed by atoms with van der Waals surface area (Å²) in [5, 5.41) is 15.9. The maximum atomic E-state index is 12.8. The normalized spacial score (nSPS) is 12.0. The minimum atomic E-state index is -1.04. The number of aromatic amines is 1. The molecule has 11 nitrogen and oxygen atoms in total. The quantitative estimate of drug-likeness (QED) is 0.0878. The second-order valence-corrected chi connectivity index (χ2v) is 12.8. The van der Waals surface area contributed by atoms with Gasteiger partial charge in [-0.1, -0.05) is 36.4 Å². The lowest BCUT2D eigenvalue weighted by Gasteiger charge is -2.21. The number of nitrogens with two attached hydrogens (primary N) is 1. The number of nitrogens with zero attached hydrogens (tertiary/aromatic N) is 1. The average molecular weight is 657 g/mol. The summed E-state index contributed by atoms with van der Waals surface area (Å²) in [4.78, 5) is 40.0. The lowest BCUT2D eigenvalue weighted by Crippen LogP contribution is -2.42. The Morgan fingerprint density at radius 2 is 1.71 bits per heavy atom. The summed E-state index contributed by atoms with van der Waals surface area (Å²) in [5.41, 5.74) is 11.0. The summed E-state index contributed by atoms with van der Waals surface area (Å²) < 4.78 is 12.9. The molecule has 0 aliphatic rings. The molecule has 0 aliphatic carbocycles. The van der Waals surface area contributed by atoms with E-state index in [2.05, 4.69) is 20.2 Å². The van der Waals surface area contributed by atoms with Gasteiger partial charge in [-0.25, -0.2) is 14.6 Å². The van der Waals surface area contributed by atoms with E-state index in [0.29, 0.717) is 37.4 Å². The number of methoxy groups -OCH3 is 1. The van der Waals surface area contributed by atoms with E-state index in [1.807, 2.05) is 77.2 Å². The molecule has 2 amide bonds. The van der Waals surface area contributed by atoms with Crippen LogP contribution in [0.15, 0.2) is 66.9 Å². The summed E-state index contributed by atoms with van der Waals surface area (Å²) in [6, 6.07) is 18.7. The van der Waals surface area contributed by atoms with Crippen LogP contribution in [-0.2, 0) is 11.3 Å². The minimum Gasteiger partial charge on any atom is -0.496 e. The van der Waals surface area contributed by atoms with Gasteiger partial charge in [0.2, 0.25) is 5.91 Å². The van der Waals surface area contributed by atoms with Crippen molar-refractivity contribution in [2.45, 2.75) is 65.5 Å². The predicted molar refractivity (Wildman–Crippen MR) is 184 cm³/mol. The van der Waals surface area contributed by atoms with Crippen molar-refractivity contribution in [1.82, 2.24) is 15.6 Å². The number of carboxylic acids is 1. The molecular formula is C37H46N5O6+. The largest absolute Gasteiger partial charge is 0.496 e. The van der Waals surface area contributed by atoms with Crippen LogP contribution in [0.5, 0.6) is 5.75 Å². The van der Waals surface area contributed by atoms with E-state index in [9.17, 15) is 19.5 Å². The number of benzene rings is 3. The monoisotopic (exact) mass is 656 g/mol. The number of hydrogen-bond donors (Lipinski definition) is 5. The number of carbonyl (C=O) groups excluding carboxylic acids is 2. The molecule has 11 heteroatoms. The van der Waals surface area contributed by atoms with Crippen molar-refractivity contribution in [3.05, 3.63) is 101 Å². The topological polar surface area (TPSA) is 160 Å². The van der Waals surface area contributed by atoms with Gasteiger partial charge in [0.25, 0.3) is 5.82 Å². The summed E-state index contributed by atoms with van der Waals surface area (Å²) in [6.45, 7) is 10.8. The van der Waals surface area contributed by atoms with Gasteiger partial charge in [-0.2, -0.15) is 4.57 Å². The number of rotatable bonds is 14. The summed E-state index contributed by atoms with van der Waals surface area (Å²) >= 11 is 0. The summed E-state index contributed by atoms with van der Waals surface area (Å²) in [5.74, 6) is -0.500. The molecule has 1 heterocycles. The molecule has 0 unspecified atom stereocenters. The van der Waals surface area contributed by atoms with Gasteiger partial charge in [0.15, 0.2) is 5.69 Å². The molecule has 0 saturated heterocycles. The first kappa shape index (κ1) is 35.7. The van der Waals surface area contributed by atoms with Crippen LogP contribution < -0.4 is 25.7 Å². The number of aromatic carboxylic acids is 1. The van der Waals surface area contributed by atoms with Crippen LogP contribution in [0.3, 0.4) is 0 Å². The minimum absolute atomic E-state index is 0.116. The predicted octanol–water partition coefficient (Wildman–Crippen LogP) is 5.56. The molecule has 0 fully saturated rings. The van der Waals surface area contributed by atoms with Crippen LogP contribution in [-0.4, -0.2) is 53.9 Å². The van der Waals surface area contributed by atoms with Gasteiger partial charge in [0, 0.05) is 24.2 Å². The number of aryl methyl sites for hydroxylation is 2. The molecule has 0 bridgehead atoms. The number of carbonyl (C=O) groups is 3. The zero-order chi connectivity index (χ0) is 35.0. The Labute approximate surface area is 281 Å². The third-order valence-electron chi connectivity index (χ3n) is 7.92. The van der Waals surface area contributed by atoms with Gasteiger partial charge >= 0.3 is 12.1 Å². The third-order valence-corrected chi connectivity index (χ3v) is 7.92. The lowest BCUT2D eigenvalue weighted by molar-refractivity contribution is -0.594. The Balaban J connectivity index is 1.65. The Bertz CT molecular complexity index is 1740. The van der Waals surface area contributed by atoms with Crippen LogP contribution >= 0.6 is 0 Å². The van der Waals surface area contributed by atoms with Crippen molar-refractivity contribution in [3.63, 3.8) is 0 Å². The average Bonchev–Trinajstić information content (AvgIpc) is 3.45. The molecule has 4 aromatic rings. The molecule has 6 N–H and O–H groups in total. The first-order valence-electron chi connectivity index (χ1n) is 16.0. The van der Waals surface area contributed by atoms with E-state index in [1.165, 1.54) is 7.11 Å². The van der Waals surface area contributed by atoms with Crippen molar-refractivity contribution in [2.75, 3.05) is 20.2 Å². The molecule has 1 atom stereocenters. The first-order chi connectivity index (χ1) is 22.8. The Morgan fingerprint density at radius 1 is 1.02 bits per heavy atom. The first-order valence-corrected chi connectivity index (χ1v) is 16.0. The van der Waals surface area contributed by atoms with E-state index < -0.39 is 23.6 Å². The molecule has 0 aliphatic heterocycles. The van der Waals surface area contributed by atoms with Gasteiger partial charge in [-0.3, -0.25) is 4.79 Å². The van der Waals surface area contributed by atoms with Crippen molar-refractivity contribution in [1.29, 1.82) is 0 Å². The number of alkyl carbamates (subject to hydrolysis) is 1. The number of carboxylic acid groups (broad SMARTS) is 1. The number of aromatic nitrogens is 2. The molecule has 0 spiro atoms. The fourth-order valence-electron chi connectivity index (χ4n) is 5.81. The molecule has 48 heavy (non-hydrogen) atoms. The molecule has 3 aromatic carbocycles. The zero-order valence-electron chi connectivity index (χ0n) is 28.5. The second kappa shape index (κ2) is 15.6. The third kappa shape index (κ3) is 9.01. The van der Waals surface area contributed by atoms with Gasteiger partial charge < -0.3 is 30.9 Å². The van der Waals surface area contributed by atoms with Crippen LogP contribution in [0, 0.1) is 13.8 Å². The maximum Gasteiger partial charge on any atom is 0.407 e. The highest BCUT2D eigenvalue weighted by molar-refractivity contribution is 5.93. The van der Waals surface area contributed by atoms with Crippen molar-refractivity contribution < 1.29 is 33.5 Å². The zero-order valence-corrected chi connectivity index (χ0v) is 28.5. The van der Waals surface area contributed by atoms with Crippen LogP contribution in [0.2, 0.25) is 0 Å². The molecule has 0 radical (unpaired) electrons. The lowest BCUT2D eigenvalue weighted by atomic mass is 9.99. The van der Waals surface area contributed by atoms with Crippen molar-refractivity contribution in [2.24, 2.45) is 5.73 Å². The smallest absolute Gasteiger partial charge is 0.407 e. The molecule has 0 saturated carbocycles. The van der Waals surface area contributed by atoms with Gasteiger partial charge in [-0.15, -0.1) is 0 Å². The number of H-pyrrole nitrogens is 1. The molecule has 4 rings (SSSR count). The van der Waals surface area contributed by atoms with Crippen LogP contribution in [0.4, 0.5) is 4.79 Å². The number of amides is 2.